The third-order valence-corrected chi connectivity index (χ3v) is 6.22. The van der Waals surface area contributed by atoms with E-state index in [1.807, 2.05) is 0 Å². The molecule has 11 nitrogen and oxygen atoms in total. The van der Waals surface area contributed by atoms with Crippen molar-refractivity contribution < 1.29 is 54.0 Å². The van der Waals surface area contributed by atoms with Crippen LogP contribution < -0.4 is 23.7 Å². The molecule has 0 unspecified atom stereocenters. The van der Waals surface area contributed by atoms with Crippen LogP contribution in [0.4, 0.5) is 0 Å². The Morgan fingerprint density at radius 3 is 2.26 bits per heavy atom. The van der Waals surface area contributed by atoms with Crippen LogP contribution in [-0.4, -0.2) is 90.3 Å². The Morgan fingerprint density at radius 1 is 0.857 bits per heavy atom. The Labute approximate surface area is 202 Å². The van der Waals surface area contributed by atoms with E-state index >= 15 is 0 Å². The van der Waals surface area contributed by atoms with Gasteiger partial charge < -0.3 is 54.0 Å². The highest BCUT2D eigenvalue weighted by molar-refractivity contribution is 5.53. The number of ether oxygens (including phenoxy) is 6. The molecule has 192 valence electrons. The van der Waals surface area contributed by atoms with Gasteiger partial charge in [0.15, 0.2) is 11.5 Å². The molecule has 2 heterocycles. The summed E-state index contributed by atoms with van der Waals surface area (Å²) in [5.74, 6) is 2.01. The molecule has 0 saturated carbocycles. The van der Waals surface area contributed by atoms with Crippen molar-refractivity contribution in [1.82, 2.24) is 0 Å². The van der Waals surface area contributed by atoms with Crippen molar-refractivity contribution in [2.24, 2.45) is 0 Å². The first-order valence-corrected chi connectivity index (χ1v) is 11.1. The molecule has 35 heavy (non-hydrogen) atoms. The fraction of sp³-hybridized carbons (Fsp3) is 0.500. The maximum Gasteiger partial charge on any atom is 0.229 e. The molecule has 0 radical (unpaired) electrons. The Kier molecular flexibility index (Phi) is 7.55. The molecule has 2 aliphatic heterocycles. The molecule has 2 aliphatic rings. The zero-order valence-electron chi connectivity index (χ0n) is 19.5. The van der Waals surface area contributed by atoms with Gasteiger partial charge in [0.1, 0.15) is 47.8 Å². The van der Waals surface area contributed by atoms with Crippen LogP contribution >= 0.6 is 0 Å². The minimum Gasteiger partial charge on any atom is -0.496 e. The SMILES string of the molecule is COc1cc(OC)c2c(c1)O[C@H](c1ccc(OC)c(O[C@@H]3O[C@H](CO)[C@@H](O)[C@H](O)[C@H]3O)c1)[C@@H](O)C2. The summed E-state index contributed by atoms with van der Waals surface area (Å²) in [6.45, 7) is -0.587. The van der Waals surface area contributed by atoms with Gasteiger partial charge in [-0.2, -0.15) is 0 Å². The van der Waals surface area contributed by atoms with E-state index in [-0.39, 0.29) is 12.2 Å². The van der Waals surface area contributed by atoms with Gasteiger partial charge in [-0.25, -0.2) is 0 Å². The molecule has 0 amide bonds. The first-order valence-electron chi connectivity index (χ1n) is 11.1. The van der Waals surface area contributed by atoms with Crippen molar-refractivity contribution in [2.75, 3.05) is 27.9 Å². The Bertz CT molecular complexity index is 1030. The highest BCUT2D eigenvalue weighted by Crippen LogP contribution is 2.44. The number of fused-ring (bicyclic) bond motifs is 1. The predicted molar refractivity (Wildman–Crippen MR) is 120 cm³/mol. The molecule has 2 aromatic rings. The van der Waals surface area contributed by atoms with E-state index in [9.17, 15) is 25.5 Å². The lowest BCUT2D eigenvalue weighted by Crippen LogP contribution is -2.60. The number of aliphatic hydroxyl groups excluding tert-OH is 5. The summed E-state index contributed by atoms with van der Waals surface area (Å²) in [6.07, 6.45) is -8.65. The van der Waals surface area contributed by atoms with Crippen LogP contribution in [0.3, 0.4) is 0 Å². The average molecular weight is 494 g/mol. The molecule has 0 aliphatic carbocycles. The zero-order valence-corrected chi connectivity index (χ0v) is 19.5. The van der Waals surface area contributed by atoms with E-state index in [1.165, 1.54) is 21.3 Å². The molecule has 5 N–H and O–H groups in total. The van der Waals surface area contributed by atoms with Gasteiger partial charge in [-0.05, 0) is 17.7 Å². The van der Waals surface area contributed by atoms with Gasteiger partial charge in [0.2, 0.25) is 6.29 Å². The van der Waals surface area contributed by atoms with Gasteiger partial charge >= 0.3 is 0 Å². The molecule has 2 aromatic carbocycles. The summed E-state index contributed by atoms with van der Waals surface area (Å²) in [6, 6.07) is 8.30. The highest BCUT2D eigenvalue weighted by atomic mass is 16.7. The summed E-state index contributed by atoms with van der Waals surface area (Å²) in [7, 11) is 4.48. The quantitative estimate of drug-likeness (QED) is 0.351. The van der Waals surface area contributed by atoms with Crippen molar-refractivity contribution in [2.45, 2.75) is 49.3 Å². The lowest BCUT2D eigenvalue weighted by atomic mass is 9.93. The maximum absolute atomic E-state index is 10.9. The van der Waals surface area contributed by atoms with Crippen molar-refractivity contribution in [3.05, 3.63) is 41.5 Å². The third-order valence-electron chi connectivity index (χ3n) is 6.22. The van der Waals surface area contributed by atoms with E-state index < -0.39 is 49.5 Å². The van der Waals surface area contributed by atoms with Crippen molar-refractivity contribution in [1.29, 1.82) is 0 Å². The highest BCUT2D eigenvalue weighted by Gasteiger charge is 2.45. The monoisotopic (exact) mass is 494 g/mol. The number of aliphatic hydroxyl groups is 5. The van der Waals surface area contributed by atoms with Gasteiger partial charge in [-0.1, -0.05) is 6.07 Å². The van der Waals surface area contributed by atoms with Crippen LogP contribution in [0.5, 0.6) is 28.7 Å². The number of methoxy groups -OCH3 is 3. The summed E-state index contributed by atoms with van der Waals surface area (Å²) < 4.78 is 33.4. The second-order valence-electron chi connectivity index (χ2n) is 8.34. The summed E-state index contributed by atoms with van der Waals surface area (Å²) in [5.41, 5.74) is 1.26. The Hall–Kier alpha value is -2.80. The third kappa shape index (κ3) is 4.83. The fourth-order valence-electron chi connectivity index (χ4n) is 4.28. The average Bonchev–Trinajstić information content (AvgIpc) is 2.87. The molecule has 0 spiro atoms. The lowest BCUT2D eigenvalue weighted by molar-refractivity contribution is -0.277. The maximum atomic E-state index is 10.9. The standard InChI is InChI=1S/C24H30O11/c1-30-12-7-16(32-3)13-9-14(26)23(33-17(13)8-12)11-4-5-15(31-2)18(6-11)34-24-22(29)21(28)20(27)19(10-25)35-24/h4-8,14,19-29H,9-10H2,1-3H3/t14-,19+,20+,21-,22+,23+,24+/m0/s1. The van der Waals surface area contributed by atoms with Crippen molar-refractivity contribution >= 4 is 0 Å². The number of hydrogen-bond donors (Lipinski definition) is 5. The van der Waals surface area contributed by atoms with Gasteiger partial charge in [0.25, 0.3) is 0 Å². The second-order valence-corrected chi connectivity index (χ2v) is 8.34. The first kappa shape index (κ1) is 25.3. The molecule has 1 saturated heterocycles. The molecular weight excluding hydrogens is 464 g/mol. The number of rotatable bonds is 7. The molecule has 7 atom stereocenters. The van der Waals surface area contributed by atoms with Gasteiger partial charge in [-0.15, -0.1) is 0 Å². The minimum atomic E-state index is -1.59. The zero-order chi connectivity index (χ0) is 25.3. The first-order chi connectivity index (χ1) is 16.8. The Balaban J connectivity index is 1.63. The summed E-state index contributed by atoms with van der Waals surface area (Å²) in [4.78, 5) is 0. The fourth-order valence-corrected chi connectivity index (χ4v) is 4.28. The smallest absolute Gasteiger partial charge is 0.229 e. The van der Waals surface area contributed by atoms with E-state index in [1.54, 1.807) is 30.3 Å². The molecular formula is C24H30O11. The van der Waals surface area contributed by atoms with E-state index in [0.717, 1.165) is 0 Å². The van der Waals surface area contributed by atoms with Crippen LogP contribution in [-0.2, 0) is 11.2 Å². The van der Waals surface area contributed by atoms with Crippen LogP contribution in [0.2, 0.25) is 0 Å². The van der Waals surface area contributed by atoms with E-state index in [2.05, 4.69) is 0 Å². The molecule has 0 aromatic heterocycles. The summed E-state index contributed by atoms with van der Waals surface area (Å²) >= 11 is 0. The number of hydrogen-bond acceptors (Lipinski definition) is 11. The van der Waals surface area contributed by atoms with E-state index in [0.29, 0.717) is 34.1 Å². The molecule has 4 rings (SSSR count). The van der Waals surface area contributed by atoms with Crippen LogP contribution in [0.1, 0.15) is 17.2 Å². The van der Waals surface area contributed by atoms with Gasteiger partial charge in [0.05, 0.1) is 34.0 Å². The molecule has 11 heteroatoms. The van der Waals surface area contributed by atoms with Crippen LogP contribution in [0.15, 0.2) is 30.3 Å². The van der Waals surface area contributed by atoms with E-state index in [4.69, 9.17) is 28.4 Å². The predicted octanol–water partition coefficient (Wildman–Crippen LogP) is -0.0718. The topological polar surface area (TPSA) is 157 Å². The molecule has 1 fully saturated rings. The van der Waals surface area contributed by atoms with Crippen LogP contribution in [0, 0.1) is 0 Å². The summed E-state index contributed by atoms with van der Waals surface area (Å²) in [5, 5.41) is 50.7. The Morgan fingerprint density at radius 2 is 1.60 bits per heavy atom. The van der Waals surface area contributed by atoms with Gasteiger partial charge in [-0.3, -0.25) is 0 Å². The molecule has 0 bridgehead atoms. The lowest BCUT2D eigenvalue weighted by Gasteiger charge is -2.39. The van der Waals surface area contributed by atoms with Crippen molar-refractivity contribution in [3.8, 4) is 28.7 Å². The number of benzene rings is 2. The largest absolute Gasteiger partial charge is 0.496 e. The normalized spacial score (nSPS) is 30.1. The van der Waals surface area contributed by atoms with Crippen LogP contribution in [0.25, 0.3) is 0 Å². The van der Waals surface area contributed by atoms with Crippen molar-refractivity contribution in [3.63, 3.8) is 0 Å². The minimum absolute atomic E-state index is 0.138. The van der Waals surface area contributed by atoms with Gasteiger partial charge in [0, 0.05) is 24.1 Å². The second kappa shape index (κ2) is 10.4.